The number of ether oxygens (including phenoxy) is 1. The Morgan fingerprint density at radius 1 is 1.09 bits per heavy atom. The first-order chi connectivity index (χ1) is 16.0. The summed E-state index contributed by atoms with van der Waals surface area (Å²) >= 11 is 0. The van der Waals surface area contributed by atoms with E-state index in [1.165, 1.54) is 18.2 Å². The second-order valence-corrected chi connectivity index (χ2v) is 9.91. The Hall–Kier alpha value is -3.18. The van der Waals surface area contributed by atoms with Gasteiger partial charge in [0.15, 0.2) is 0 Å². The molecule has 7 nitrogen and oxygen atoms in total. The van der Waals surface area contributed by atoms with Crippen molar-refractivity contribution in [1.82, 2.24) is 4.31 Å². The third-order valence-electron chi connectivity index (χ3n) is 5.74. The van der Waals surface area contributed by atoms with E-state index in [0.717, 1.165) is 22.5 Å². The standard InChI is InChI=1S/C23H20F3NO6S/c1-14-12-21(28)33-19-13-16(6-7-17(14)19)32-22(29)15-8-10-27(11-9-15)34(30,31)20-5-3-2-4-18(20)23(24,25)26/h2-7,12-13,15H,8-11H2,1H3. The van der Waals surface area contributed by atoms with E-state index in [0.29, 0.717) is 10.9 Å². The molecule has 1 aliphatic rings. The van der Waals surface area contributed by atoms with E-state index < -0.39 is 44.2 Å². The van der Waals surface area contributed by atoms with Crippen molar-refractivity contribution in [1.29, 1.82) is 0 Å². The zero-order valence-corrected chi connectivity index (χ0v) is 18.8. The second kappa shape index (κ2) is 8.88. The van der Waals surface area contributed by atoms with Gasteiger partial charge in [0.2, 0.25) is 10.0 Å². The van der Waals surface area contributed by atoms with Gasteiger partial charge >= 0.3 is 17.8 Å². The molecule has 0 bridgehead atoms. The number of alkyl halides is 3. The topological polar surface area (TPSA) is 93.9 Å². The van der Waals surface area contributed by atoms with Gasteiger partial charge in [-0.05, 0) is 49.6 Å². The van der Waals surface area contributed by atoms with Gasteiger partial charge in [0, 0.05) is 30.6 Å². The van der Waals surface area contributed by atoms with Crippen LogP contribution in [0.5, 0.6) is 5.75 Å². The highest BCUT2D eigenvalue weighted by molar-refractivity contribution is 7.89. The molecule has 180 valence electrons. The molecule has 3 aromatic rings. The largest absolute Gasteiger partial charge is 0.426 e. The molecular formula is C23H20F3NO6S. The Labute approximate surface area is 192 Å². The van der Waals surface area contributed by atoms with Crippen LogP contribution < -0.4 is 10.4 Å². The third kappa shape index (κ3) is 4.71. The lowest BCUT2D eigenvalue weighted by Crippen LogP contribution is -2.41. The molecule has 1 aromatic heterocycles. The maximum absolute atomic E-state index is 13.3. The Morgan fingerprint density at radius 3 is 2.44 bits per heavy atom. The number of piperidine rings is 1. The SMILES string of the molecule is Cc1cc(=O)oc2cc(OC(=O)C3CCN(S(=O)(=O)c4ccccc4C(F)(F)F)CC3)ccc12. The van der Waals surface area contributed by atoms with E-state index in [1.54, 1.807) is 19.1 Å². The molecule has 1 aliphatic heterocycles. The molecule has 34 heavy (non-hydrogen) atoms. The molecule has 4 rings (SSSR count). The Bertz CT molecular complexity index is 1410. The molecular weight excluding hydrogens is 475 g/mol. The molecule has 0 radical (unpaired) electrons. The van der Waals surface area contributed by atoms with Gasteiger partial charge in [-0.25, -0.2) is 13.2 Å². The number of aryl methyl sites for hydroxylation is 1. The molecule has 0 amide bonds. The summed E-state index contributed by atoms with van der Waals surface area (Å²) in [5, 5.41) is 0.692. The van der Waals surface area contributed by atoms with E-state index in [1.807, 2.05) is 0 Å². The van der Waals surface area contributed by atoms with E-state index in [2.05, 4.69) is 0 Å². The smallest absolute Gasteiger partial charge is 0.417 e. The quantitative estimate of drug-likeness (QED) is 0.307. The zero-order valence-electron chi connectivity index (χ0n) is 18.0. The number of carbonyl (C=O) groups is 1. The predicted molar refractivity (Wildman–Crippen MR) is 116 cm³/mol. The second-order valence-electron chi connectivity index (χ2n) is 8.00. The van der Waals surface area contributed by atoms with E-state index >= 15 is 0 Å². The number of esters is 1. The molecule has 0 saturated carbocycles. The molecule has 0 atom stereocenters. The lowest BCUT2D eigenvalue weighted by atomic mass is 9.98. The molecule has 0 spiro atoms. The summed E-state index contributed by atoms with van der Waals surface area (Å²) in [6, 6.07) is 10.0. The van der Waals surface area contributed by atoms with Crippen molar-refractivity contribution in [3.63, 3.8) is 0 Å². The van der Waals surface area contributed by atoms with Crippen LogP contribution in [-0.2, 0) is 21.0 Å². The number of benzene rings is 2. The first-order valence-electron chi connectivity index (χ1n) is 10.4. The molecule has 2 heterocycles. The maximum Gasteiger partial charge on any atom is 0.417 e. The van der Waals surface area contributed by atoms with Crippen LogP contribution in [0.25, 0.3) is 11.0 Å². The maximum atomic E-state index is 13.3. The summed E-state index contributed by atoms with van der Waals surface area (Å²) in [5.41, 5.74) is -0.784. The zero-order chi connectivity index (χ0) is 24.7. The number of carbonyl (C=O) groups excluding carboxylic acids is 1. The van der Waals surface area contributed by atoms with Gasteiger partial charge in [0.1, 0.15) is 11.3 Å². The van der Waals surface area contributed by atoms with Gasteiger partial charge in [0.25, 0.3) is 0 Å². The van der Waals surface area contributed by atoms with E-state index in [9.17, 15) is 31.2 Å². The first kappa shape index (κ1) is 24.0. The highest BCUT2D eigenvalue weighted by Gasteiger charge is 2.40. The summed E-state index contributed by atoms with van der Waals surface area (Å²) in [7, 11) is -4.40. The van der Waals surface area contributed by atoms with Gasteiger partial charge in [-0.2, -0.15) is 17.5 Å². The van der Waals surface area contributed by atoms with Gasteiger partial charge in [-0.15, -0.1) is 0 Å². The molecule has 0 N–H and O–H groups in total. The van der Waals surface area contributed by atoms with Crippen molar-refractivity contribution in [3.05, 3.63) is 70.1 Å². The fourth-order valence-electron chi connectivity index (χ4n) is 3.96. The number of fused-ring (bicyclic) bond motifs is 1. The Balaban J connectivity index is 1.45. The average Bonchev–Trinajstić information content (AvgIpc) is 2.78. The van der Waals surface area contributed by atoms with Gasteiger partial charge in [0.05, 0.1) is 16.4 Å². The Morgan fingerprint density at radius 2 is 1.76 bits per heavy atom. The number of halogens is 3. The van der Waals surface area contributed by atoms with Crippen molar-refractivity contribution in [3.8, 4) is 5.75 Å². The van der Waals surface area contributed by atoms with Crippen LogP contribution in [0.15, 0.2) is 62.6 Å². The first-order valence-corrected chi connectivity index (χ1v) is 11.8. The summed E-state index contributed by atoms with van der Waals surface area (Å²) in [6.45, 7) is 1.50. The van der Waals surface area contributed by atoms with Gasteiger partial charge in [-0.1, -0.05) is 12.1 Å². The molecule has 0 unspecified atom stereocenters. The predicted octanol–water partition coefficient (Wildman–Crippen LogP) is 4.13. The summed E-state index contributed by atoms with van der Waals surface area (Å²) in [4.78, 5) is 23.4. The van der Waals surface area contributed by atoms with Crippen LogP contribution >= 0.6 is 0 Å². The average molecular weight is 495 g/mol. The van der Waals surface area contributed by atoms with Crippen molar-refractivity contribution in [2.75, 3.05) is 13.1 Å². The number of hydrogen-bond acceptors (Lipinski definition) is 6. The van der Waals surface area contributed by atoms with Crippen molar-refractivity contribution in [2.24, 2.45) is 5.92 Å². The normalized spacial score (nSPS) is 16.0. The molecule has 2 aromatic carbocycles. The van der Waals surface area contributed by atoms with Gasteiger partial charge < -0.3 is 9.15 Å². The molecule has 1 saturated heterocycles. The minimum absolute atomic E-state index is 0.0913. The van der Waals surface area contributed by atoms with Crippen LogP contribution in [0.2, 0.25) is 0 Å². The highest BCUT2D eigenvalue weighted by Crippen LogP contribution is 2.36. The molecule has 1 fully saturated rings. The molecule has 11 heteroatoms. The number of hydrogen-bond donors (Lipinski definition) is 0. The van der Waals surface area contributed by atoms with Crippen LogP contribution in [0.4, 0.5) is 13.2 Å². The van der Waals surface area contributed by atoms with Crippen LogP contribution in [0.3, 0.4) is 0 Å². The minimum atomic E-state index is -4.82. The monoisotopic (exact) mass is 495 g/mol. The van der Waals surface area contributed by atoms with Crippen LogP contribution in [0.1, 0.15) is 24.0 Å². The fraction of sp³-hybridized carbons (Fsp3) is 0.304. The third-order valence-corrected chi connectivity index (χ3v) is 7.70. The summed E-state index contributed by atoms with van der Waals surface area (Å²) < 4.78 is 77.1. The van der Waals surface area contributed by atoms with Crippen molar-refractivity contribution < 1.29 is 35.5 Å². The highest BCUT2D eigenvalue weighted by atomic mass is 32.2. The number of sulfonamides is 1. The van der Waals surface area contributed by atoms with E-state index in [4.69, 9.17) is 9.15 Å². The molecule has 0 aliphatic carbocycles. The lowest BCUT2D eigenvalue weighted by molar-refractivity contribution is -0.140. The number of rotatable bonds is 4. The van der Waals surface area contributed by atoms with E-state index in [-0.39, 0.29) is 37.3 Å². The van der Waals surface area contributed by atoms with Gasteiger partial charge in [-0.3, -0.25) is 4.79 Å². The lowest BCUT2D eigenvalue weighted by Gasteiger charge is -2.30. The summed E-state index contributed by atoms with van der Waals surface area (Å²) in [6.07, 6.45) is -4.63. The van der Waals surface area contributed by atoms with Crippen molar-refractivity contribution >= 4 is 27.0 Å². The van der Waals surface area contributed by atoms with Crippen LogP contribution in [0, 0.1) is 12.8 Å². The fourth-order valence-corrected chi connectivity index (χ4v) is 5.65. The minimum Gasteiger partial charge on any atom is -0.426 e. The number of nitrogens with zero attached hydrogens (tertiary/aromatic N) is 1. The summed E-state index contributed by atoms with van der Waals surface area (Å²) in [5.74, 6) is -1.06. The van der Waals surface area contributed by atoms with Crippen molar-refractivity contribution in [2.45, 2.75) is 30.8 Å². The Kier molecular flexibility index (Phi) is 6.26. The van der Waals surface area contributed by atoms with Crippen LogP contribution in [-0.4, -0.2) is 31.8 Å².